The summed E-state index contributed by atoms with van der Waals surface area (Å²) in [6.45, 7) is 1.74. The third kappa shape index (κ3) is 2.48. The molecule has 0 radical (unpaired) electrons. The van der Waals surface area contributed by atoms with E-state index in [-0.39, 0.29) is 11.7 Å². The van der Waals surface area contributed by atoms with Crippen LogP contribution in [0.2, 0.25) is 0 Å². The Bertz CT molecular complexity index is 754. The zero-order valence-electron chi connectivity index (χ0n) is 11.8. The molecule has 0 fully saturated rings. The van der Waals surface area contributed by atoms with Crippen LogP contribution < -0.4 is 0 Å². The lowest BCUT2D eigenvalue weighted by molar-refractivity contribution is 0.175. The second kappa shape index (κ2) is 5.54. The Hall–Kier alpha value is -2.39. The number of aromatic nitrogens is 1. The Balaban J connectivity index is 2.19. The Labute approximate surface area is 123 Å². The molecule has 3 heteroatoms. The molecule has 0 aliphatic carbocycles. The second-order valence-electron chi connectivity index (χ2n) is 5.21. The van der Waals surface area contributed by atoms with Gasteiger partial charge in [0.15, 0.2) is 0 Å². The number of phenols is 1. The molecule has 0 amide bonds. The van der Waals surface area contributed by atoms with Crippen LogP contribution in [-0.4, -0.2) is 21.3 Å². The van der Waals surface area contributed by atoms with Crippen LogP contribution in [-0.2, 0) is 0 Å². The van der Waals surface area contributed by atoms with E-state index in [9.17, 15) is 10.2 Å². The van der Waals surface area contributed by atoms with Crippen molar-refractivity contribution in [1.29, 1.82) is 0 Å². The summed E-state index contributed by atoms with van der Waals surface area (Å²) >= 11 is 0. The predicted molar refractivity (Wildman–Crippen MR) is 83.4 cm³/mol. The second-order valence-corrected chi connectivity index (χ2v) is 5.21. The van der Waals surface area contributed by atoms with Crippen LogP contribution in [0.3, 0.4) is 0 Å². The fourth-order valence-electron chi connectivity index (χ4n) is 2.77. The van der Waals surface area contributed by atoms with Crippen molar-refractivity contribution >= 4 is 10.9 Å². The van der Waals surface area contributed by atoms with Gasteiger partial charge in [-0.3, -0.25) is 4.98 Å². The summed E-state index contributed by atoms with van der Waals surface area (Å²) in [5, 5.41) is 21.6. The van der Waals surface area contributed by atoms with Crippen molar-refractivity contribution in [3.05, 3.63) is 71.9 Å². The highest BCUT2D eigenvalue weighted by Crippen LogP contribution is 2.37. The van der Waals surface area contributed by atoms with Crippen LogP contribution in [0.1, 0.15) is 24.0 Å². The molecule has 0 aliphatic rings. The molecule has 21 heavy (non-hydrogen) atoms. The number of aromatic hydroxyl groups is 1. The molecule has 0 saturated heterocycles. The molecule has 1 aromatic heterocycles. The van der Waals surface area contributed by atoms with E-state index in [0.29, 0.717) is 11.1 Å². The lowest BCUT2D eigenvalue weighted by Crippen LogP contribution is -2.16. The van der Waals surface area contributed by atoms with Gasteiger partial charge in [0, 0.05) is 23.1 Å². The van der Waals surface area contributed by atoms with Crippen molar-refractivity contribution in [1.82, 2.24) is 4.98 Å². The number of rotatable bonds is 3. The summed E-state index contributed by atoms with van der Waals surface area (Å²) in [6.07, 6.45) is 1.05. The summed E-state index contributed by atoms with van der Waals surface area (Å²) in [4.78, 5) is 4.25. The van der Waals surface area contributed by atoms with Gasteiger partial charge in [0.1, 0.15) is 11.3 Å². The number of fused-ring (bicyclic) bond motifs is 1. The predicted octanol–water partition coefficient (Wildman–Crippen LogP) is 3.45. The monoisotopic (exact) mass is 279 g/mol. The molecule has 1 heterocycles. The van der Waals surface area contributed by atoms with E-state index in [4.69, 9.17) is 0 Å². The Morgan fingerprint density at radius 1 is 0.952 bits per heavy atom. The Morgan fingerprint density at radius 2 is 1.71 bits per heavy atom. The van der Waals surface area contributed by atoms with Crippen LogP contribution in [0.4, 0.5) is 0 Å². The van der Waals surface area contributed by atoms with Crippen LogP contribution in [0, 0.1) is 0 Å². The zero-order chi connectivity index (χ0) is 14.8. The van der Waals surface area contributed by atoms with Gasteiger partial charge in [-0.1, -0.05) is 48.5 Å². The topological polar surface area (TPSA) is 53.4 Å². The Morgan fingerprint density at radius 3 is 2.43 bits per heavy atom. The van der Waals surface area contributed by atoms with Gasteiger partial charge in [-0.2, -0.15) is 0 Å². The molecule has 0 spiro atoms. The number of pyridine rings is 1. The van der Waals surface area contributed by atoms with Crippen molar-refractivity contribution in [3.63, 3.8) is 0 Å². The smallest absolute Gasteiger partial charge is 0.145 e. The van der Waals surface area contributed by atoms with Gasteiger partial charge in [0.05, 0.1) is 6.10 Å². The lowest BCUT2D eigenvalue weighted by Gasteiger charge is -2.22. The van der Waals surface area contributed by atoms with E-state index in [0.717, 1.165) is 10.9 Å². The summed E-state index contributed by atoms with van der Waals surface area (Å²) < 4.78 is 0. The maximum absolute atomic E-state index is 10.6. The first-order chi connectivity index (χ1) is 10.2. The van der Waals surface area contributed by atoms with Gasteiger partial charge in [-0.05, 0) is 18.6 Å². The van der Waals surface area contributed by atoms with Crippen LogP contribution in [0.15, 0.2) is 60.8 Å². The molecule has 3 rings (SSSR count). The normalized spacial score (nSPS) is 14.0. The molecule has 106 valence electrons. The molecular formula is C18H17NO2. The van der Waals surface area contributed by atoms with Gasteiger partial charge in [0.25, 0.3) is 0 Å². The number of benzene rings is 2. The molecule has 2 N–H and O–H groups in total. The maximum atomic E-state index is 10.6. The minimum absolute atomic E-state index is 0.142. The first-order valence-corrected chi connectivity index (χ1v) is 6.98. The number of phenolic OH excluding ortho intramolecular Hbond substituents is 1. The van der Waals surface area contributed by atoms with Crippen molar-refractivity contribution in [2.24, 2.45) is 0 Å². The minimum atomic E-state index is -0.612. The van der Waals surface area contributed by atoms with Crippen LogP contribution in [0.25, 0.3) is 10.9 Å². The number of aliphatic hydroxyl groups excluding tert-OH is 1. The molecular weight excluding hydrogens is 262 g/mol. The summed E-state index contributed by atoms with van der Waals surface area (Å²) in [5.74, 6) is -0.138. The number of hydrogen-bond donors (Lipinski definition) is 2. The molecule has 3 nitrogen and oxygen atoms in total. The summed E-state index contributed by atoms with van der Waals surface area (Å²) in [7, 11) is 0. The zero-order valence-corrected chi connectivity index (χ0v) is 11.8. The van der Waals surface area contributed by atoms with Crippen molar-refractivity contribution < 1.29 is 10.2 Å². The molecule has 0 bridgehead atoms. The first kappa shape index (κ1) is 13.6. The average molecular weight is 279 g/mol. The van der Waals surface area contributed by atoms with E-state index >= 15 is 0 Å². The molecule has 2 atom stereocenters. The van der Waals surface area contributed by atoms with Crippen LogP contribution in [0.5, 0.6) is 5.75 Å². The summed E-state index contributed by atoms with van der Waals surface area (Å²) in [6, 6.07) is 17.3. The third-order valence-electron chi connectivity index (χ3n) is 3.76. The highest BCUT2D eigenvalue weighted by atomic mass is 16.3. The van der Waals surface area contributed by atoms with E-state index < -0.39 is 6.10 Å². The minimum Gasteiger partial charge on any atom is -0.505 e. The maximum Gasteiger partial charge on any atom is 0.145 e. The van der Waals surface area contributed by atoms with Crippen LogP contribution >= 0.6 is 0 Å². The Kier molecular flexibility index (Phi) is 3.59. The third-order valence-corrected chi connectivity index (χ3v) is 3.76. The number of hydrogen-bond acceptors (Lipinski definition) is 3. The molecule has 3 aromatic rings. The van der Waals surface area contributed by atoms with Gasteiger partial charge in [-0.15, -0.1) is 0 Å². The van der Waals surface area contributed by atoms with Crippen molar-refractivity contribution in [2.45, 2.75) is 18.9 Å². The van der Waals surface area contributed by atoms with E-state index in [1.165, 1.54) is 0 Å². The largest absolute Gasteiger partial charge is 0.505 e. The fraction of sp³-hybridized carbons (Fsp3) is 0.167. The fourth-order valence-corrected chi connectivity index (χ4v) is 2.77. The molecule has 2 aromatic carbocycles. The van der Waals surface area contributed by atoms with Crippen molar-refractivity contribution in [3.8, 4) is 5.75 Å². The molecule has 0 saturated carbocycles. The van der Waals surface area contributed by atoms with Gasteiger partial charge in [0.2, 0.25) is 0 Å². The van der Waals surface area contributed by atoms with Crippen molar-refractivity contribution in [2.75, 3.05) is 0 Å². The van der Waals surface area contributed by atoms with E-state index in [2.05, 4.69) is 4.98 Å². The van der Waals surface area contributed by atoms with E-state index in [1.807, 2.05) is 54.6 Å². The SMILES string of the molecule is CC(O)C(c1ccccc1)c1ccc2cccnc2c1O. The number of nitrogens with zero attached hydrogens (tertiary/aromatic N) is 1. The summed E-state index contributed by atoms with van der Waals surface area (Å²) in [5.41, 5.74) is 2.23. The van der Waals surface area contributed by atoms with Gasteiger partial charge in [-0.25, -0.2) is 0 Å². The number of aliphatic hydroxyl groups is 1. The molecule has 2 unspecified atom stereocenters. The highest BCUT2D eigenvalue weighted by Gasteiger charge is 2.23. The highest BCUT2D eigenvalue weighted by molar-refractivity contribution is 5.85. The van der Waals surface area contributed by atoms with E-state index in [1.54, 1.807) is 13.1 Å². The lowest BCUT2D eigenvalue weighted by atomic mass is 9.86. The van der Waals surface area contributed by atoms with Gasteiger partial charge < -0.3 is 10.2 Å². The molecule has 0 aliphatic heterocycles. The quantitative estimate of drug-likeness (QED) is 0.772. The average Bonchev–Trinajstić information content (AvgIpc) is 2.51. The standard InChI is InChI=1S/C18H17NO2/c1-12(20)16(13-6-3-2-4-7-13)15-10-9-14-8-5-11-19-17(14)18(15)21/h2-12,16,20-21H,1H3. The first-order valence-electron chi connectivity index (χ1n) is 6.98. The van der Waals surface area contributed by atoms with Gasteiger partial charge >= 0.3 is 0 Å².